The molecule has 2 heterocycles. The summed E-state index contributed by atoms with van der Waals surface area (Å²) in [5.41, 5.74) is 2.68. The fraction of sp³-hybridized carbons (Fsp3) is 0.400. The minimum absolute atomic E-state index is 0.0756. The first-order valence-corrected chi connectivity index (χ1v) is 15.2. The summed E-state index contributed by atoms with van der Waals surface area (Å²) in [7, 11) is 1.55. The molecule has 0 radical (unpaired) electrons. The van der Waals surface area contributed by atoms with Crippen molar-refractivity contribution in [3.63, 3.8) is 0 Å². The Morgan fingerprint density at radius 3 is 1.63 bits per heavy atom. The van der Waals surface area contributed by atoms with Crippen molar-refractivity contribution in [2.45, 2.75) is 44.3 Å². The van der Waals surface area contributed by atoms with Crippen molar-refractivity contribution < 1.29 is 19.5 Å². The zero-order chi connectivity index (χ0) is 30.6. The van der Waals surface area contributed by atoms with Gasteiger partial charge >= 0.3 is 12.0 Å². The van der Waals surface area contributed by atoms with E-state index in [9.17, 15) is 19.5 Å². The molecule has 226 valence electrons. The highest BCUT2D eigenvalue weighted by Gasteiger charge is 2.52. The Labute approximate surface area is 254 Å². The molecule has 2 aliphatic heterocycles. The van der Waals surface area contributed by atoms with E-state index in [1.807, 2.05) is 23.1 Å². The Morgan fingerprint density at radius 2 is 1.21 bits per heavy atom. The van der Waals surface area contributed by atoms with E-state index in [1.165, 1.54) is 4.90 Å². The van der Waals surface area contributed by atoms with Crippen LogP contribution in [0.3, 0.4) is 0 Å². The van der Waals surface area contributed by atoms with Crippen LogP contribution in [0.5, 0.6) is 0 Å². The molecule has 0 aromatic heterocycles. The van der Waals surface area contributed by atoms with Crippen molar-refractivity contribution in [1.82, 2.24) is 19.6 Å². The zero-order valence-electron chi connectivity index (χ0n) is 25.3. The number of rotatable bonds is 8. The summed E-state index contributed by atoms with van der Waals surface area (Å²) in [5, 5.41) is 9.69. The number of carboxylic acid groups (broad SMARTS) is 1. The lowest BCUT2D eigenvalue weighted by atomic mass is 9.72. The van der Waals surface area contributed by atoms with Crippen LogP contribution in [0.25, 0.3) is 0 Å². The summed E-state index contributed by atoms with van der Waals surface area (Å²) in [6, 6.07) is 29.7. The molecule has 2 fully saturated rings. The van der Waals surface area contributed by atoms with E-state index in [0.717, 1.165) is 29.7 Å². The van der Waals surface area contributed by atoms with E-state index in [2.05, 4.69) is 77.7 Å². The molecule has 2 aliphatic rings. The topological polar surface area (TPSA) is 84.4 Å². The first-order chi connectivity index (χ1) is 20.8. The molecule has 5 rings (SSSR count). The molecule has 3 aromatic carbocycles. The average molecular weight is 583 g/mol. The Balaban J connectivity index is 1.42. The molecule has 1 N–H and O–H groups in total. The smallest absolute Gasteiger partial charge is 0.326 e. The van der Waals surface area contributed by atoms with E-state index in [0.29, 0.717) is 32.6 Å². The monoisotopic (exact) mass is 582 g/mol. The average Bonchev–Trinajstić information content (AvgIpc) is 3.26. The SMILES string of the molecule is CC(C)[C@@H](C(=O)O)N(C)C(=O)N1CCCN(C(=O)[C@@H]2CCN2C(c2ccccc2)(c2ccccc2)c2ccccc2)CC1. The second-order valence-corrected chi connectivity index (χ2v) is 11.9. The van der Waals surface area contributed by atoms with E-state index < -0.39 is 17.6 Å². The third-order valence-corrected chi connectivity index (χ3v) is 8.99. The third kappa shape index (κ3) is 5.76. The lowest BCUT2D eigenvalue weighted by Crippen LogP contribution is -2.65. The van der Waals surface area contributed by atoms with E-state index in [1.54, 1.807) is 25.8 Å². The van der Waals surface area contributed by atoms with E-state index >= 15 is 0 Å². The Morgan fingerprint density at radius 1 is 0.744 bits per heavy atom. The lowest BCUT2D eigenvalue weighted by Gasteiger charge is -2.54. The van der Waals surface area contributed by atoms with Gasteiger partial charge in [0.2, 0.25) is 5.91 Å². The first kappa shape index (κ1) is 30.3. The standard InChI is InChI=1S/C35H42N4O4/c1-26(2)31(33(41)42)36(3)34(43)38-22-13-21-37(24-25-38)32(40)30-20-23-39(30)35(27-14-7-4-8-15-27,28-16-9-5-10-17-28)29-18-11-6-12-19-29/h4-12,14-19,26,30-31H,13,20-25H2,1-3H3,(H,41,42)/t30-,31-/m0/s1. The number of hydrogen-bond donors (Lipinski definition) is 1. The summed E-state index contributed by atoms with van der Waals surface area (Å²) in [4.78, 5) is 46.7. The van der Waals surface area contributed by atoms with Crippen LogP contribution in [0.1, 0.15) is 43.4 Å². The second-order valence-electron chi connectivity index (χ2n) is 11.9. The van der Waals surface area contributed by atoms with Gasteiger partial charge in [0.25, 0.3) is 0 Å². The number of hydrogen-bond acceptors (Lipinski definition) is 4. The molecule has 3 aromatic rings. The summed E-state index contributed by atoms with van der Waals surface area (Å²) >= 11 is 0. The van der Waals surface area contributed by atoms with Gasteiger partial charge in [-0.3, -0.25) is 9.69 Å². The van der Waals surface area contributed by atoms with E-state index in [4.69, 9.17) is 0 Å². The molecule has 0 aliphatic carbocycles. The number of likely N-dealkylation sites (N-methyl/N-ethyl adjacent to an activating group) is 1. The van der Waals surface area contributed by atoms with Gasteiger partial charge in [-0.1, -0.05) is 105 Å². The van der Waals surface area contributed by atoms with Crippen LogP contribution >= 0.6 is 0 Å². The molecule has 0 spiro atoms. The maximum absolute atomic E-state index is 14.3. The van der Waals surface area contributed by atoms with Gasteiger partial charge in [-0.2, -0.15) is 0 Å². The van der Waals surface area contributed by atoms with Crippen LogP contribution < -0.4 is 0 Å². The third-order valence-electron chi connectivity index (χ3n) is 8.99. The molecule has 0 bridgehead atoms. The van der Waals surface area contributed by atoms with Gasteiger partial charge in [0.1, 0.15) is 6.04 Å². The van der Waals surface area contributed by atoms with Gasteiger partial charge in [-0.15, -0.1) is 0 Å². The van der Waals surface area contributed by atoms with Crippen LogP contribution in [0.2, 0.25) is 0 Å². The molecule has 8 nitrogen and oxygen atoms in total. The molecule has 8 heteroatoms. The van der Waals surface area contributed by atoms with Gasteiger partial charge in [0, 0.05) is 39.8 Å². The number of aliphatic carboxylic acids is 1. The Hall–Kier alpha value is -4.17. The zero-order valence-corrected chi connectivity index (χ0v) is 25.3. The number of urea groups is 1. The highest BCUT2D eigenvalue weighted by Crippen LogP contribution is 2.47. The highest BCUT2D eigenvalue weighted by atomic mass is 16.4. The van der Waals surface area contributed by atoms with Crippen LogP contribution in [0.4, 0.5) is 4.79 Å². The van der Waals surface area contributed by atoms with Gasteiger partial charge in [-0.25, -0.2) is 9.59 Å². The number of amides is 3. The normalized spacial score (nSPS) is 18.5. The maximum Gasteiger partial charge on any atom is 0.326 e. The van der Waals surface area contributed by atoms with Crippen molar-refractivity contribution in [3.05, 3.63) is 108 Å². The number of carbonyl (C=O) groups is 3. The fourth-order valence-corrected chi connectivity index (χ4v) is 6.86. The number of carboxylic acids is 1. The van der Waals surface area contributed by atoms with Crippen molar-refractivity contribution >= 4 is 17.9 Å². The van der Waals surface area contributed by atoms with Crippen LogP contribution in [0.15, 0.2) is 91.0 Å². The largest absolute Gasteiger partial charge is 0.480 e. The molecule has 3 amide bonds. The molecule has 0 saturated carbocycles. The van der Waals surface area contributed by atoms with Crippen LogP contribution in [-0.2, 0) is 15.1 Å². The number of carbonyl (C=O) groups excluding carboxylic acids is 2. The number of nitrogens with zero attached hydrogens (tertiary/aromatic N) is 4. The quantitative estimate of drug-likeness (QED) is 0.388. The Bertz CT molecular complexity index is 1300. The van der Waals surface area contributed by atoms with Crippen molar-refractivity contribution in [3.8, 4) is 0 Å². The van der Waals surface area contributed by atoms with Gasteiger partial charge in [0.05, 0.1) is 11.6 Å². The first-order valence-electron chi connectivity index (χ1n) is 15.2. The second kappa shape index (κ2) is 13.0. The Kier molecular flexibility index (Phi) is 9.16. The van der Waals surface area contributed by atoms with Gasteiger partial charge in [0.15, 0.2) is 0 Å². The van der Waals surface area contributed by atoms with Crippen molar-refractivity contribution in [2.24, 2.45) is 5.92 Å². The maximum atomic E-state index is 14.3. The summed E-state index contributed by atoms with van der Waals surface area (Å²) in [6.07, 6.45) is 1.39. The van der Waals surface area contributed by atoms with Crippen molar-refractivity contribution in [1.29, 1.82) is 0 Å². The molecule has 2 saturated heterocycles. The molecular formula is C35H42N4O4. The lowest BCUT2D eigenvalue weighted by molar-refractivity contribution is -0.145. The minimum Gasteiger partial charge on any atom is -0.480 e. The van der Waals surface area contributed by atoms with Crippen LogP contribution in [-0.4, -0.2) is 94.5 Å². The summed E-state index contributed by atoms with van der Waals surface area (Å²) < 4.78 is 0. The highest BCUT2D eigenvalue weighted by molar-refractivity contribution is 5.84. The predicted molar refractivity (Wildman–Crippen MR) is 167 cm³/mol. The fourth-order valence-electron chi connectivity index (χ4n) is 6.86. The molecule has 0 unspecified atom stereocenters. The van der Waals surface area contributed by atoms with Gasteiger partial charge < -0.3 is 19.8 Å². The molecule has 2 atom stereocenters. The molecule has 43 heavy (non-hydrogen) atoms. The number of benzene rings is 3. The van der Waals surface area contributed by atoms with Gasteiger partial charge in [-0.05, 0) is 35.4 Å². The molecular weight excluding hydrogens is 540 g/mol. The minimum atomic E-state index is -1.01. The van der Waals surface area contributed by atoms with Crippen molar-refractivity contribution in [2.75, 3.05) is 39.8 Å². The summed E-state index contributed by atoms with van der Waals surface area (Å²) in [5.74, 6) is -1.16. The summed E-state index contributed by atoms with van der Waals surface area (Å²) in [6.45, 7) is 6.19. The van der Waals surface area contributed by atoms with E-state index in [-0.39, 0.29) is 23.9 Å². The number of likely N-dealkylation sites (tertiary alicyclic amines) is 1. The predicted octanol–water partition coefficient (Wildman–Crippen LogP) is 4.75. The van der Waals surface area contributed by atoms with Crippen LogP contribution in [0, 0.1) is 5.92 Å².